The standard InChI is InChI=1S/C18H23NO/c20-17(19-16-12-13-7-8-14(16)11-13)18(9-4-10-18)15-5-2-1-3-6-15/h1-3,5-6,13-14,16H,4,7-12H2,(H,19,20)/t13-,14-,16+/m0/s1. The Labute approximate surface area is 121 Å². The molecule has 0 unspecified atom stereocenters. The topological polar surface area (TPSA) is 29.1 Å². The van der Waals surface area contributed by atoms with E-state index in [1.54, 1.807) is 0 Å². The van der Waals surface area contributed by atoms with Gasteiger partial charge in [-0.15, -0.1) is 0 Å². The molecule has 0 aromatic heterocycles. The summed E-state index contributed by atoms with van der Waals surface area (Å²) in [5, 5.41) is 3.41. The van der Waals surface area contributed by atoms with Crippen molar-refractivity contribution in [3.63, 3.8) is 0 Å². The Morgan fingerprint density at radius 3 is 2.45 bits per heavy atom. The maximum Gasteiger partial charge on any atom is 0.230 e. The van der Waals surface area contributed by atoms with Gasteiger partial charge in [-0.25, -0.2) is 0 Å². The zero-order valence-corrected chi connectivity index (χ0v) is 12.0. The van der Waals surface area contributed by atoms with Crippen LogP contribution in [0.15, 0.2) is 30.3 Å². The van der Waals surface area contributed by atoms with E-state index in [2.05, 4.69) is 29.6 Å². The van der Waals surface area contributed by atoms with Crippen molar-refractivity contribution >= 4 is 5.91 Å². The van der Waals surface area contributed by atoms with E-state index in [1.165, 1.54) is 37.7 Å². The molecule has 2 heteroatoms. The quantitative estimate of drug-likeness (QED) is 0.895. The molecule has 3 atom stereocenters. The third-order valence-electron chi connectivity index (χ3n) is 6.02. The number of nitrogens with one attached hydrogen (secondary N) is 1. The van der Waals surface area contributed by atoms with Crippen molar-refractivity contribution in [2.45, 2.75) is 56.4 Å². The minimum Gasteiger partial charge on any atom is -0.352 e. The number of rotatable bonds is 3. The zero-order chi connectivity index (χ0) is 13.6. The van der Waals surface area contributed by atoms with Gasteiger partial charge in [0.15, 0.2) is 0 Å². The van der Waals surface area contributed by atoms with Crippen LogP contribution in [0.1, 0.15) is 50.5 Å². The van der Waals surface area contributed by atoms with E-state index < -0.39 is 0 Å². The molecule has 3 fully saturated rings. The molecule has 1 amide bonds. The lowest BCUT2D eigenvalue weighted by atomic mass is 9.63. The fraction of sp³-hybridized carbons (Fsp3) is 0.611. The Kier molecular flexibility index (Phi) is 2.87. The van der Waals surface area contributed by atoms with Gasteiger partial charge in [-0.2, -0.15) is 0 Å². The first-order valence-corrected chi connectivity index (χ1v) is 8.14. The number of fused-ring (bicyclic) bond motifs is 2. The molecule has 0 spiro atoms. The van der Waals surface area contributed by atoms with E-state index in [0.29, 0.717) is 11.9 Å². The van der Waals surface area contributed by atoms with Gasteiger partial charge in [-0.05, 0) is 49.5 Å². The third-order valence-corrected chi connectivity index (χ3v) is 6.02. The molecule has 1 N–H and O–H groups in total. The van der Waals surface area contributed by atoms with Crippen molar-refractivity contribution in [1.82, 2.24) is 5.32 Å². The number of hydrogen-bond acceptors (Lipinski definition) is 1. The summed E-state index contributed by atoms with van der Waals surface area (Å²) < 4.78 is 0. The Hall–Kier alpha value is -1.31. The average Bonchev–Trinajstić information content (AvgIpc) is 3.01. The summed E-state index contributed by atoms with van der Waals surface area (Å²) in [5.74, 6) is 1.95. The second-order valence-electron chi connectivity index (χ2n) is 7.06. The minimum absolute atomic E-state index is 0.219. The SMILES string of the molecule is O=C(N[C@@H]1C[C@H]2CC[C@H]1C2)C1(c2ccccc2)CCC1. The molecule has 3 aliphatic carbocycles. The van der Waals surface area contributed by atoms with Gasteiger partial charge in [-0.3, -0.25) is 4.79 Å². The highest BCUT2D eigenvalue weighted by Crippen LogP contribution is 2.47. The van der Waals surface area contributed by atoms with Gasteiger partial charge >= 0.3 is 0 Å². The number of amides is 1. The molecule has 106 valence electrons. The minimum atomic E-state index is -0.219. The molecule has 0 saturated heterocycles. The molecule has 3 saturated carbocycles. The van der Waals surface area contributed by atoms with Gasteiger partial charge in [0, 0.05) is 6.04 Å². The fourth-order valence-corrected chi connectivity index (χ4v) is 4.66. The summed E-state index contributed by atoms with van der Waals surface area (Å²) in [6, 6.07) is 10.9. The highest BCUT2D eigenvalue weighted by atomic mass is 16.2. The third kappa shape index (κ3) is 1.81. The van der Waals surface area contributed by atoms with Crippen molar-refractivity contribution in [1.29, 1.82) is 0 Å². The van der Waals surface area contributed by atoms with Crippen molar-refractivity contribution in [3.05, 3.63) is 35.9 Å². The van der Waals surface area contributed by atoms with E-state index in [9.17, 15) is 4.79 Å². The van der Waals surface area contributed by atoms with E-state index in [4.69, 9.17) is 0 Å². The van der Waals surface area contributed by atoms with Crippen LogP contribution in [0.4, 0.5) is 0 Å². The predicted molar refractivity (Wildman–Crippen MR) is 79.3 cm³/mol. The number of hydrogen-bond donors (Lipinski definition) is 1. The van der Waals surface area contributed by atoms with Gasteiger partial charge in [0.1, 0.15) is 0 Å². The largest absolute Gasteiger partial charge is 0.352 e. The van der Waals surface area contributed by atoms with Crippen LogP contribution in [-0.4, -0.2) is 11.9 Å². The van der Waals surface area contributed by atoms with Gasteiger partial charge in [-0.1, -0.05) is 43.2 Å². The molecular formula is C18H23NO. The van der Waals surface area contributed by atoms with E-state index in [-0.39, 0.29) is 5.41 Å². The second kappa shape index (κ2) is 4.61. The molecule has 20 heavy (non-hydrogen) atoms. The van der Waals surface area contributed by atoms with Crippen molar-refractivity contribution < 1.29 is 4.79 Å². The van der Waals surface area contributed by atoms with Crippen LogP contribution in [0.3, 0.4) is 0 Å². The van der Waals surface area contributed by atoms with Crippen LogP contribution in [-0.2, 0) is 10.2 Å². The molecule has 3 aliphatic rings. The maximum atomic E-state index is 12.9. The first-order valence-electron chi connectivity index (χ1n) is 8.14. The Morgan fingerprint density at radius 2 is 1.90 bits per heavy atom. The van der Waals surface area contributed by atoms with Gasteiger partial charge < -0.3 is 5.32 Å². The molecule has 4 rings (SSSR count). The lowest BCUT2D eigenvalue weighted by Crippen LogP contribution is -2.53. The summed E-state index contributed by atoms with van der Waals surface area (Å²) in [6.45, 7) is 0. The summed E-state index contributed by atoms with van der Waals surface area (Å²) in [7, 11) is 0. The molecule has 1 aromatic rings. The molecule has 0 aliphatic heterocycles. The Bertz CT molecular complexity index is 505. The first kappa shape index (κ1) is 12.4. The van der Waals surface area contributed by atoms with Gasteiger partial charge in [0.2, 0.25) is 5.91 Å². The van der Waals surface area contributed by atoms with E-state index in [1.807, 2.05) is 6.07 Å². The van der Waals surface area contributed by atoms with E-state index in [0.717, 1.165) is 24.7 Å². The highest BCUT2D eigenvalue weighted by molar-refractivity contribution is 5.89. The lowest BCUT2D eigenvalue weighted by molar-refractivity contribution is -0.131. The summed E-state index contributed by atoms with van der Waals surface area (Å²) >= 11 is 0. The normalized spacial score (nSPS) is 33.7. The average molecular weight is 269 g/mol. The second-order valence-corrected chi connectivity index (χ2v) is 7.06. The first-order chi connectivity index (χ1) is 9.78. The molecular weight excluding hydrogens is 246 g/mol. The van der Waals surface area contributed by atoms with Crippen LogP contribution in [0.5, 0.6) is 0 Å². The Balaban J connectivity index is 1.52. The van der Waals surface area contributed by atoms with E-state index >= 15 is 0 Å². The Morgan fingerprint density at radius 1 is 1.10 bits per heavy atom. The molecule has 2 bridgehead atoms. The van der Waals surface area contributed by atoms with Crippen molar-refractivity contribution in [2.75, 3.05) is 0 Å². The zero-order valence-electron chi connectivity index (χ0n) is 12.0. The van der Waals surface area contributed by atoms with Crippen LogP contribution in [0.25, 0.3) is 0 Å². The monoisotopic (exact) mass is 269 g/mol. The van der Waals surface area contributed by atoms with Crippen LogP contribution < -0.4 is 5.32 Å². The van der Waals surface area contributed by atoms with Gasteiger partial charge in [0.25, 0.3) is 0 Å². The predicted octanol–water partition coefficient (Wildman–Crippen LogP) is 3.41. The fourth-order valence-electron chi connectivity index (χ4n) is 4.66. The van der Waals surface area contributed by atoms with Crippen molar-refractivity contribution in [2.24, 2.45) is 11.8 Å². The molecule has 1 aromatic carbocycles. The number of benzene rings is 1. The van der Waals surface area contributed by atoms with Gasteiger partial charge in [0.05, 0.1) is 5.41 Å². The summed E-state index contributed by atoms with van der Waals surface area (Å²) in [4.78, 5) is 12.9. The summed E-state index contributed by atoms with van der Waals surface area (Å²) in [5.41, 5.74) is 0.996. The molecule has 0 radical (unpaired) electrons. The van der Waals surface area contributed by atoms with Crippen LogP contribution in [0, 0.1) is 11.8 Å². The van der Waals surface area contributed by atoms with Crippen LogP contribution >= 0.6 is 0 Å². The molecule has 2 nitrogen and oxygen atoms in total. The highest BCUT2D eigenvalue weighted by Gasteiger charge is 2.48. The van der Waals surface area contributed by atoms with Crippen LogP contribution in [0.2, 0.25) is 0 Å². The van der Waals surface area contributed by atoms with Crippen molar-refractivity contribution in [3.8, 4) is 0 Å². The molecule has 0 heterocycles. The maximum absolute atomic E-state index is 12.9. The smallest absolute Gasteiger partial charge is 0.230 e. The lowest BCUT2D eigenvalue weighted by Gasteiger charge is -2.42. The summed E-state index contributed by atoms with van der Waals surface area (Å²) in [6.07, 6.45) is 8.51. The number of carbonyl (C=O) groups is 1. The number of carbonyl (C=O) groups excluding carboxylic acids is 1.